The van der Waals surface area contributed by atoms with E-state index in [1.165, 1.54) is 0 Å². The molecule has 19 heavy (non-hydrogen) atoms. The zero-order valence-electron chi connectivity index (χ0n) is 11.7. The summed E-state index contributed by atoms with van der Waals surface area (Å²) in [6.07, 6.45) is -0.479. The smallest absolute Gasteiger partial charge is 0.265 e. The van der Waals surface area contributed by atoms with Gasteiger partial charge >= 0.3 is 0 Å². The summed E-state index contributed by atoms with van der Waals surface area (Å²) in [5.74, 6) is 0.496. The molecule has 3 N–H and O–H groups in total. The van der Waals surface area contributed by atoms with Gasteiger partial charge in [-0.15, -0.1) is 0 Å². The molecule has 1 aliphatic rings. The first-order chi connectivity index (χ1) is 8.82. The fourth-order valence-electron chi connectivity index (χ4n) is 2.33. The second-order valence-electron chi connectivity index (χ2n) is 5.38. The van der Waals surface area contributed by atoms with E-state index in [1.54, 1.807) is 27.8 Å². The number of benzene rings is 1. The highest BCUT2D eigenvalue weighted by Gasteiger charge is 2.29. The first kappa shape index (κ1) is 13.8. The molecule has 1 heterocycles. The predicted molar refractivity (Wildman–Crippen MR) is 73.3 cm³/mol. The van der Waals surface area contributed by atoms with Gasteiger partial charge in [0, 0.05) is 0 Å². The number of hydrogen-bond acceptors (Lipinski definition) is 4. The number of ether oxygens (including phenoxy) is 1. The lowest BCUT2D eigenvalue weighted by Crippen LogP contribution is -2.38. The molecule has 2 atom stereocenters. The minimum absolute atomic E-state index is 0.158. The van der Waals surface area contributed by atoms with E-state index in [9.17, 15) is 9.90 Å². The lowest BCUT2D eigenvalue weighted by molar-refractivity contribution is -0.122. The zero-order valence-corrected chi connectivity index (χ0v) is 11.7. The second kappa shape index (κ2) is 4.83. The fourth-order valence-corrected chi connectivity index (χ4v) is 2.33. The van der Waals surface area contributed by atoms with Gasteiger partial charge in [-0.3, -0.25) is 4.79 Å². The van der Waals surface area contributed by atoms with Crippen molar-refractivity contribution in [1.29, 1.82) is 0 Å². The Morgan fingerprint density at radius 2 is 2.16 bits per heavy atom. The molecule has 1 aromatic rings. The number of carbonyl (C=O) groups is 1. The van der Waals surface area contributed by atoms with Gasteiger partial charge in [0.15, 0.2) is 6.10 Å². The molecule has 0 aliphatic carbocycles. The van der Waals surface area contributed by atoms with Gasteiger partial charge in [-0.05, 0) is 45.5 Å². The van der Waals surface area contributed by atoms with E-state index in [4.69, 9.17) is 4.74 Å². The van der Waals surface area contributed by atoms with Crippen LogP contribution in [-0.4, -0.2) is 29.8 Å². The van der Waals surface area contributed by atoms with Crippen molar-refractivity contribution in [3.63, 3.8) is 0 Å². The summed E-state index contributed by atoms with van der Waals surface area (Å²) in [6.45, 7) is 5.19. The fraction of sp³-hybridized carbons (Fsp3) is 0.500. The average molecular weight is 264 g/mol. The van der Waals surface area contributed by atoms with Crippen LogP contribution in [0.1, 0.15) is 32.4 Å². The van der Waals surface area contributed by atoms with E-state index >= 15 is 0 Å². The molecule has 5 nitrogen and oxygen atoms in total. The molecule has 0 saturated carbocycles. The van der Waals surface area contributed by atoms with Gasteiger partial charge in [0.1, 0.15) is 5.75 Å². The quantitative estimate of drug-likeness (QED) is 0.772. The van der Waals surface area contributed by atoms with Crippen molar-refractivity contribution >= 4 is 11.6 Å². The number of hydrogen-bond donors (Lipinski definition) is 3. The lowest BCUT2D eigenvalue weighted by Gasteiger charge is -2.31. The Hall–Kier alpha value is -1.59. The molecule has 0 fully saturated rings. The molecule has 1 amide bonds. The summed E-state index contributed by atoms with van der Waals surface area (Å²) in [5, 5.41) is 16.0. The van der Waals surface area contributed by atoms with Crippen LogP contribution in [0.15, 0.2) is 18.2 Å². The van der Waals surface area contributed by atoms with Gasteiger partial charge in [0.05, 0.1) is 17.3 Å². The van der Waals surface area contributed by atoms with Gasteiger partial charge < -0.3 is 20.5 Å². The molecular formula is C14H20N2O3. The van der Waals surface area contributed by atoms with Gasteiger partial charge in [-0.25, -0.2) is 0 Å². The second-order valence-corrected chi connectivity index (χ2v) is 5.38. The number of aliphatic hydroxyl groups is 1. The number of fused-ring (bicyclic) bond motifs is 1. The maximum absolute atomic E-state index is 11.6. The van der Waals surface area contributed by atoms with Crippen LogP contribution in [0.3, 0.4) is 0 Å². The zero-order chi connectivity index (χ0) is 14.2. The first-order valence-electron chi connectivity index (χ1n) is 6.34. The van der Waals surface area contributed by atoms with Gasteiger partial charge in [0.2, 0.25) is 0 Å². The minimum Gasteiger partial charge on any atom is -0.479 e. The monoisotopic (exact) mass is 264 g/mol. The van der Waals surface area contributed by atoms with Crippen molar-refractivity contribution in [3.05, 3.63) is 23.8 Å². The highest BCUT2D eigenvalue weighted by atomic mass is 16.5. The molecular weight excluding hydrogens is 244 g/mol. The molecule has 2 rings (SSSR count). The van der Waals surface area contributed by atoms with Crippen LogP contribution in [-0.2, 0) is 4.79 Å². The third-order valence-corrected chi connectivity index (χ3v) is 3.26. The van der Waals surface area contributed by atoms with E-state index in [1.807, 2.05) is 18.2 Å². The number of amides is 1. The minimum atomic E-state index is -0.907. The Kier molecular flexibility index (Phi) is 3.52. The lowest BCUT2D eigenvalue weighted by atomic mass is 9.91. The van der Waals surface area contributed by atoms with Crippen molar-refractivity contribution in [2.45, 2.75) is 38.5 Å². The van der Waals surface area contributed by atoms with Crippen LogP contribution in [0.4, 0.5) is 5.69 Å². The summed E-state index contributed by atoms with van der Waals surface area (Å²) in [7, 11) is 1.79. The molecule has 0 spiro atoms. The van der Waals surface area contributed by atoms with Crippen LogP contribution in [0, 0.1) is 0 Å². The molecule has 0 aromatic heterocycles. The van der Waals surface area contributed by atoms with Gasteiger partial charge in [0.25, 0.3) is 5.91 Å². The van der Waals surface area contributed by atoms with Crippen LogP contribution < -0.4 is 15.4 Å². The Morgan fingerprint density at radius 1 is 1.47 bits per heavy atom. The third kappa shape index (κ3) is 2.72. The molecule has 104 valence electrons. The van der Waals surface area contributed by atoms with E-state index in [-0.39, 0.29) is 11.9 Å². The van der Waals surface area contributed by atoms with Crippen molar-refractivity contribution < 1.29 is 14.6 Å². The number of carbonyl (C=O) groups excluding carboxylic acids is 1. The number of nitrogens with one attached hydrogen (secondary N) is 2. The van der Waals surface area contributed by atoms with Crippen molar-refractivity contribution in [1.82, 2.24) is 5.32 Å². The maximum Gasteiger partial charge on any atom is 0.265 e. The van der Waals surface area contributed by atoms with Crippen molar-refractivity contribution in [2.75, 3.05) is 12.4 Å². The van der Waals surface area contributed by atoms with Crippen molar-refractivity contribution in [3.8, 4) is 5.75 Å². The molecule has 5 heteroatoms. The summed E-state index contributed by atoms with van der Waals surface area (Å²) in [4.78, 5) is 11.6. The standard InChI is InChI=1S/C14H20N2O3/c1-8-13(17)16-10-7-9(5-6-11(10)19-8)12(15-4)14(2,3)18/h5-8,12,15,18H,1-4H3,(H,16,17). The van der Waals surface area contributed by atoms with Crippen LogP contribution in [0.5, 0.6) is 5.75 Å². The molecule has 1 aliphatic heterocycles. The highest BCUT2D eigenvalue weighted by molar-refractivity contribution is 5.97. The van der Waals surface area contributed by atoms with Crippen LogP contribution in [0.25, 0.3) is 0 Å². The molecule has 0 bridgehead atoms. The number of likely N-dealkylation sites (N-methyl/N-ethyl adjacent to an activating group) is 1. The van der Waals surface area contributed by atoms with Gasteiger partial charge in [-0.2, -0.15) is 0 Å². The summed E-state index contributed by atoms with van der Waals surface area (Å²) >= 11 is 0. The molecule has 0 radical (unpaired) electrons. The van der Waals surface area contributed by atoms with E-state index in [0.29, 0.717) is 11.4 Å². The predicted octanol–water partition coefficient (Wildman–Crippen LogP) is 1.44. The highest BCUT2D eigenvalue weighted by Crippen LogP contribution is 2.34. The van der Waals surface area contributed by atoms with Gasteiger partial charge in [-0.1, -0.05) is 6.07 Å². The van der Waals surface area contributed by atoms with E-state index < -0.39 is 11.7 Å². The van der Waals surface area contributed by atoms with Crippen LogP contribution >= 0.6 is 0 Å². The number of anilines is 1. The Morgan fingerprint density at radius 3 is 2.74 bits per heavy atom. The Balaban J connectivity index is 2.36. The molecule has 2 unspecified atom stereocenters. The normalized spacial score (nSPS) is 20.3. The van der Waals surface area contributed by atoms with E-state index in [2.05, 4.69) is 10.6 Å². The topological polar surface area (TPSA) is 70.6 Å². The maximum atomic E-state index is 11.6. The average Bonchev–Trinajstić information content (AvgIpc) is 2.30. The van der Waals surface area contributed by atoms with Crippen molar-refractivity contribution in [2.24, 2.45) is 0 Å². The summed E-state index contributed by atoms with van der Waals surface area (Å²) in [6, 6.07) is 5.31. The Bertz CT molecular complexity index is 494. The van der Waals surface area contributed by atoms with E-state index in [0.717, 1.165) is 5.56 Å². The first-order valence-corrected chi connectivity index (χ1v) is 6.34. The largest absolute Gasteiger partial charge is 0.479 e. The summed E-state index contributed by atoms with van der Waals surface area (Å²) < 4.78 is 5.50. The summed E-state index contributed by atoms with van der Waals surface area (Å²) in [5.41, 5.74) is 0.632. The third-order valence-electron chi connectivity index (χ3n) is 3.26. The molecule has 1 aromatic carbocycles. The molecule has 0 saturated heterocycles. The van der Waals surface area contributed by atoms with Crippen LogP contribution in [0.2, 0.25) is 0 Å². The SMILES string of the molecule is CNC(c1ccc2c(c1)NC(=O)C(C)O2)C(C)(C)O. The Labute approximate surface area is 113 Å². The number of rotatable bonds is 3.